The second-order valence-electron chi connectivity index (χ2n) is 12.2. The van der Waals surface area contributed by atoms with E-state index in [9.17, 15) is 13.2 Å². The highest BCUT2D eigenvalue weighted by Gasteiger charge is 2.77. The molecular weight excluding hydrogens is 450 g/mol. The first-order chi connectivity index (χ1) is 13.4. The van der Waals surface area contributed by atoms with Gasteiger partial charge in [-0.15, -0.1) is 0 Å². The van der Waals surface area contributed by atoms with Crippen LogP contribution >= 0.6 is 0 Å². The Hall–Kier alpha value is -0.422. The normalized spacial score (nSPS) is 28.9. The lowest BCUT2D eigenvalue weighted by Gasteiger charge is -2.63. The van der Waals surface area contributed by atoms with Gasteiger partial charge >= 0.3 is 6.18 Å². The predicted octanol–water partition coefficient (Wildman–Crippen LogP) is 7.53. The summed E-state index contributed by atoms with van der Waals surface area (Å²) in [5.74, 6) is 0.288. The third-order valence-corrected chi connectivity index (χ3v) is 48.7. The second kappa shape index (κ2) is 7.04. The van der Waals surface area contributed by atoms with Crippen molar-refractivity contribution >= 4 is 30.6 Å². The van der Waals surface area contributed by atoms with Gasteiger partial charge in [0.05, 0.1) is 17.9 Å². The quantitative estimate of drug-likeness (QED) is 0.309. The summed E-state index contributed by atoms with van der Waals surface area (Å²) in [5.41, 5.74) is 1.03. The van der Waals surface area contributed by atoms with Crippen molar-refractivity contribution in [2.75, 3.05) is 0 Å². The zero-order chi connectivity index (χ0) is 23.0. The molecule has 8 heteroatoms. The van der Waals surface area contributed by atoms with Gasteiger partial charge in [0.25, 0.3) is 0 Å². The van der Waals surface area contributed by atoms with E-state index < -0.39 is 47.6 Å². The van der Waals surface area contributed by atoms with Crippen LogP contribution in [0.4, 0.5) is 13.2 Å². The number of rotatable bonds is 5. The molecule has 0 N–H and O–H groups in total. The van der Waals surface area contributed by atoms with Crippen molar-refractivity contribution in [1.82, 2.24) is 0 Å². The molecule has 0 amide bonds. The summed E-state index contributed by atoms with van der Waals surface area (Å²) in [6.45, 7) is 21.8. The van der Waals surface area contributed by atoms with Gasteiger partial charge in [0.15, 0.2) is 8.32 Å². The first-order valence-electron chi connectivity index (χ1n) is 10.9. The highest BCUT2D eigenvalue weighted by atomic mass is 29.6. The van der Waals surface area contributed by atoms with E-state index in [0.717, 1.165) is 12.0 Å². The number of benzene rings is 1. The maximum Gasteiger partial charge on any atom is 0.416 e. The zero-order valence-electron chi connectivity index (χ0n) is 19.9. The molecule has 1 aromatic carbocycles. The fourth-order valence-corrected chi connectivity index (χ4v) is 64.3. The highest BCUT2D eigenvalue weighted by Crippen LogP contribution is 2.67. The summed E-state index contributed by atoms with van der Waals surface area (Å²) in [7, 11) is -7.49. The lowest BCUT2D eigenvalue weighted by molar-refractivity contribution is -0.137. The van der Waals surface area contributed by atoms with E-state index in [2.05, 4.69) is 71.1 Å². The third kappa shape index (κ3) is 3.41. The number of fused-ring (bicyclic) bond motifs is 2. The number of halogens is 3. The molecule has 30 heavy (non-hydrogen) atoms. The summed E-state index contributed by atoms with van der Waals surface area (Å²) in [6.07, 6.45) is 1.62. The van der Waals surface area contributed by atoms with Crippen LogP contribution in [0.15, 0.2) is 36.4 Å². The van der Waals surface area contributed by atoms with Gasteiger partial charge in [0, 0.05) is 21.1 Å². The summed E-state index contributed by atoms with van der Waals surface area (Å²) in [5, 5.41) is -0.393. The molecule has 1 aliphatic carbocycles. The minimum atomic E-state index is -4.31. The molecule has 168 valence electrons. The number of hydrogen-bond donors (Lipinski definition) is 0. The van der Waals surface area contributed by atoms with Gasteiger partial charge < -0.3 is 4.43 Å². The number of allylic oxidation sites excluding steroid dienone is 1. The van der Waals surface area contributed by atoms with Gasteiger partial charge in [-0.1, -0.05) is 63.6 Å². The van der Waals surface area contributed by atoms with Gasteiger partial charge in [-0.3, -0.25) is 0 Å². The molecule has 1 nitrogen and oxygen atoms in total. The molecule has 2 aliphatic rings. The Balaban J connectivity index is 2.38. The maximum absolute atomic E-state index is 13.3. The molecule has 1 aliphatic heterocycles. The fourth-order valence-electron chi connectivity index (χ4n) is 7.29. The first kappa shape index (κ1) is 24.2. The van der Waals surface area contributed by atoms with E-state index in [-0.39, 0.29) is 5.92 Å². The van der Waals surface area contributed by atoms with Gasteiger partial charge in [-0.2, -0.15) is 13.2 Å². The molecule has 0 saturated carbocycles. The van der Waals surface area contributed by atoms with E-state index >= 15 is 0 Å². The Morgan fingerprint density at radius 1 is 0.867 bits per heavy atom. The average Bonchev–Trinajstić information content (AvgIpc) is 3.10. The summed E-state index contributed by atoms with van der Waals surface area (Å²) >= 11 is 0. The van der Waals surface area contributed by atoms with Crippen LogP contribution in [-0.4, -0.2) is 30.6 Å². The largest absolute Gasteiger partial charge is 0.416 e. The zero-order valence-corrected chi connectivity index (χ0v) is 23.9. The van der Waals surface area contributed by atoms with Gasteiger partial charge in [-0.25, -0.2) is 0 Å². The van der Waals surface area contributed by atoms with Crippen LogP contribution in [0.5, 0.6) is 0 Å². The summed E-state index contributed by atoms with van der Waals surface area (Å²) < 4.78 is 47.3. The fraction of sp³-hybridized carbons (Fsp3) is 0.636. The highest BCUT2D eigenvalue weighted by molar-refractivity contribution is 7.70. The van der Waals surface area contributed by atoms with E-state index in [1.54, 1.807) is 12.1 Å². The van der Waals surface area contributed by atoms with Crippen molar-refractivity contribution in [2.24, 2.45) is 5.92 Å². The van der Waals surface area contributed by atoms with Crippen molar-refractivity contribution in [3.8, 4) is 0 Å². The molecule has 1 heterocycles. The Kier molecular flexibility index (Phi) is 5.68. The van der Waals surface area contributed by atoms with E-state index in [4.69, 9.17) is 4.43 Å². The van der Waals surface area contributed by atoms with Gasteiger partial charge in [0.2, 0.25) is 0 Å². The van der Waals surface area contributed by atoms with Crippen molar-refractivity contribution in [3.05, 3.63) is 47.5 Å². The Morgan fingerprint density at radius 2 is 1.37 bits per heavy atom. The third-order valence-electron chi connectivity index (χ3n) is 7.22. The second-order valence-corrected chi connectivity index (χ2v) is 43.9. The SMILES string of the molecule is C[Si](C)(C)O[C@@]1(c2ccc(C(F)(F)F)cc2)[C@@H]2C=C[C@@H](C2)[Si]1([Si](C)(C)C)[Si](C)(C)C. The van der Waals surface area contributed by atoms with Gasteiger partial charge in [-0.05, 0) is 49.3 Å². The number of alkyl halides is 3. The van der Waals surface area contributed by atoms with E-state index in [1.165, 1.54) is 12.1 Å². The van der Waals surface area contributed by atoms with Crippen LogP contribution in [0, 0.1) is 5.92 Å². The Bertz CT molecular complexity index is 814. The van der Waals surface area contributed by atoms with Crippen molar-refractivity contribution in [2.45, 2.75) is 82.3 Å². The first-order valence-corrected chi connectivity index (χ1v) is 25.4. The molecule has 0 spiro atoms. The Labute approximate surface area is 183 Å². The molecule has 0 radical (unpaired) electrons. The summed E-state index contributed by atoms with van der Waals surface area (Å²) in [6, 6.07) is 6.10. The van der Waals surface area contributed by atoms with Crippen LogP contribution in [0.3, 0.4) is 0 Å². The topological polar surface area (TPSA) is 9.23 Å². The lowest BCUT2D eigenvalue weighted by Crippen LogP contribution is -2.83. The van der Waals surface area contributed by atoms with E-state index in [0.29, 0.717) is 5.54 Å². The average molecular weight is 487 g/mol. The van der Waals surface area contributed by atoms with Crippen molar-refractivity contribution in [1.29, 1.82) is 0 Å². The monoisotopic (exact) mass is 486 g/mol. The molecule has 3 rings (SSSR count). The van der Waals surface area contributed by atoms with Crippen molar-refractivity contribution in [3.63, 3.8) is 0 Å². The van der Waals surface area contributed by atoms with Crippen LogP contribution in [-0.2, 0) is 15.8 Å². The lowest BCUT2D eigenvalue weighted by atomic mass is 9.94. The van der Waals surface area contributed by atoms with Crippen molar-refractivity contribution < 1.29 is 17.6 Å². The molecule has 1 aromatic rings. The Morgan fingerprint density at radius 3 is 1.77 bits per heavy atom. The predicted molar refractivity (Wildman–Crippen MR) is 131 cm³/mol. The molecule has 0 unspecified atom stereocenters. The minimum Gasteiger partial charge on any atom is -0.411 e. The molecular formula is C22H37F3OSi4. The van der Waals surface area contributed by atoms with Crippen LogP contribution in [0.2, 0.25) is 64.5 Å². The van der Waals surface area contributed by atoms with Crippen LogP contribution in [0.1, 0.15) is 17.5 Å². The smallest absolute Gasteiger partial charge is 0.411 e. The molecule has 2 bridgehead atoms. The molecule has 1 fully saturated rings. The number of hydrogen-bond acceptors (Lipinski definition) is 1. The molecule has 3 atom stereocenters. The van der Waals surface area contributed by atoms with E-state index in [1.807, 2.05) is 0 Å². The standard InChI is InChI=1S/C22H37F3OSi4/c1-27(2,3)26-21(17-10-12-18(13-11-17)22(23,24)25)19-14-15-20(16-19)30(21,28(4,5)6)29(7,8)9/h10-15,19-20H,16H2,1-9H3/t19-,20+,21-/m1/s1. The maximum atomic E-state index is 13.3. The van der Waals surface area contributed by atoms with Crippen LogP contribution < -0.4 is 0 Å². The molecule has 1 saturated heterocycles. The van der Waals surface area contributed by atoms with Gasteiger partial charge in [0.1, 0.15) is 0 Å². The summed E-state index contributed by atoms with van der Waals surface area (Å²) in [4.78, 5) is 0. The minimum absolute atomic E-state index is 0.288. The molecule has 0 aromatic heterocycles. The van der Waals surface area contributed by atoms with Crippen LogP contribution in [0.25, 0.3) is 0 Å².